The molecule has 5 aromatic rings. The smallest absolute Gasteiger partial charge is 0.142 e. The average Bonchev–Trinajstić information content (AvgIpc) is 3.38. The van der Waals surface area contributed by atoms with Gasteiger partial charge in [0, 0.05) is 86.0 Å². The summed E-state index contributed by atoms with van der Waals surface area (Å²) in [5.74, 6) is 0.636. The number of nitrogens with zero attached hydrogens (tertiary/aromatic N) is 2. The van der Waals surface area contributed by atoms with Crippen LogP contribution in [0.25, 0.3) is 11.1 Å². The summed E-state index contributed by atoms with van der Waals surface area (Å²) in [6, 6.07) is 44.6. The van der Waals surface area contributed by atoms with Gasteiger partial charge in [0.2, 0.25) is 0 Å². The second-order valence-corrected chi connectivity index (χ2v) is 12.5. The van der Waals surface area contributed by atoms with E-state index < -0.39 is 4.65 Å². The van der Waals surface area contributed by atoms with Crippen LogP contribution in [0.3, 0.4) is 0 Å². The largest absolute Gasteiger partial charge is 0.622 e. The number of hydrogen-bond donors (Lipinski definition) is 3. The van der Waals surface area contributed by atoms with Gasteiger partial charge in [0.25, 0.3) is 0 Å². The van der Waals surface area contributed by atoms with Crippen molar-refractivity contribution in [3.05, 3.63) is 144 Å². The Morgan fingerprint density at radius 3 is 1.89 bits per heavy atom. The van der Waals surface area contributed by atoms with Gasteiger partial charge in [-0.1, -0.05) is 60.7 Å². The fraction of sp³-hybridized carbons (Fsp3) is 0.231. The molecule has 0 radical (unpaired) electrons. The van der Waals surface area contributed by atoms with Gasteiger partial charge in [-0.3, -0.25) is 4.65 Å². The minimum atomic E-state index is -0.403. The normalized spacial score (nSPS) is 22.9. The summed E-state index contributed by atoms with van der Waals surface area (Å²) in [7, 11) is 0. The number of anilines is 3. The monoisotopic (exact) mass is 593 g/mol. The summed E-state index contributed by atoms with van der Waals surface area (Å²) in [4.78, 5) is 2.28. The average molecular weight is 594 g/mol. The van der Waals surface area contributed by atoms with Crippen molar-refractivity contribution in [2.75, 3.05) is 37.7 Å². The number of rotatable bonds is 6. The number of fused-ring (bicyclic) bond motifs is 3. The number of benzene rings is 5. The molecule has 3 aliphatic heterocycles. The van der Waals surface area contributed by atoms with Crippen LogP contribution in [-0.2, 0) is 0 Å². The zero-order valence-electron chi connectivity index (χ0n) is 25.4. The molecule has 45 heavy (non-hydrogen) atoms. The first kappa shape index (κ1) is 28.2. The molecule has 2 saturated heterocycles. The van der Waals surface area contributed by atoms with E-state index in [1.165, 1.54) is 11.1 Å². The Hall–Kier alpha value is -4.30. The fourth-order valence-corrected chi connectivity index (χ4v) is 7.70. The molecule has 0 spiro atoms. The topological polar surface area (TPSA) is 62.4 Å². The quantitative estimate of drug-likeness (QED) is 0.139. The van der Waals surface area contributed by atoms with Crippen LogP contribution in [0.2, 0.25) is 0 Å². The van der Waals surface area contributed by atoms with Crippen molar-refractivity contribution < 1.29 is 0 Å². The van der Waals surface area contributed by atoms with E-state index in [9.17, 15) is 0 Å². The third kappa shape index (κ3) is 5.05. The van der Waals surface area contributed by atoms with E-state index in [1.807, 2.05) is 12.1 Å². The van der Waals surface area contributed by atoms with Crippen LogP contribution in [0.5, 0.6) is 0 Å². The Kier molecular flexibility index (Phi) is 7.45. The van der Waals surface area contributed by atoms with Crippen LogP contribution >= 0.6 is 0 Å². The first-order valence-corrected chi connectivity index (χ1v) is 16.2. The van der Waals surface area contributed by atoms with Crippen molar-refractivity contribution in [3.8, 4) is 11.1 Å². The van der Waals surface area contributed by atoms with E-state index in [0.29, 0.717) is 5.92 Å². The van der Waals surface area contributed by atoms with E-state index in [0.717, 1.165) is 78.8 Å². The van der Waals surface area contributed by atoms with E-state index in [2.05, 4.69) is 136 Å². The lowest BCUT2D eigenvalue weighted by Gasteiger charge is -2.46. The molecule has 0 aromatic heterocycles. The molecular weight excluding hydrogens is 554 g/mol. The maximum atomic E-state index is 15.3. The molecule has 8 rings (SSSR count). The highest BCUT2D eigenvalue weighted by atomic mass is 16.6. The van der Waals surface area contributed by atoms with Gasteiger partial charge < -0.3 is 26.1 Å². The summed E-state index contributed by atoms with van der Waals surface area (Å²) in [5.41, 5.74) is 9.75. The van der Waals surface area contributed by atoms with E-state index in [4.69, 9.17) is 0 Å². The van der Waals surface area contributed by atoms with Gasteiger partial charge in [-0.15, -0.1) is 0 Å². The molecule has 6 heteroatoms. The Morgan fingerprint density at radius 2 is 1.24 bits per heavy atom. The Morgan fingerprint density at radius 1 is 0.622 bits per heavy atom. The highest BCUT2D eigenvalue weighted by molar-refractivity contribution is 5.81. The molecule has 5 aromatic carbocycles. The predicted octanol–water partition coefficient (Wildman–Crippen LogP) is 7.65. The number of hydroxylamine groups is 1. The molecule has 2 fully saturated rings. The zero-order valence-corrected chi connectivity index (χ0v) is 25.4. The van der Waals surface area contributed by atoms with Gasteiger partial charge in [-0.05, 0) is 65.2 Å². The second kappa shape index (κ2) is 11.9. The molecule has 226 valence electrons. The van der Waals surface area contributed by atoms with Crippen LogP contribution in [0, 0.1) is 5.21 Å². The Bertz CT molecular complexity index is 1710. The summed E-state index contributed by atoms with van der Waals surface area (Å²) in [5, 5.41) is 25.7. The molecule has 3 N–H and O–H groups in total. The molecule has 3 heterocycles. The van der Waals surface area contributed by atoms with Crippen molar-refractivity contribution in [3.63, 3.8) is 0 Å². The number of nitrogens with one attached hydrogen (secondary N) is 3. The highest BCUT2D eigenvalue weighted by Gasteiger charge is 2.50. The first-order valence-electron chi connectivity index (χ1n) is 16.2. The minimum absolute atomic E-state index is 0.0544. The van der Waals surface area contributed by atoms with Crippen LogP contribution in [0.1, 0.15) is 29.4 Å². The molecule has 3 unspecified atom stereocenters. The van der Waals surface area contributed by atoms with Gasteiger partial charge in [0.15, 0.2) is 0 Å². The molecular formula is C39H39N5O. The molecule has 0 bridgehead atoms. The van der Waals surface area contributed by atoms with Crippen LogP contribution in [0.15, 0.2) is 127 Å². The van der Waals surface area contributed by atoms with Crippen molar-refractivity contribution in [1.82, 2.24) is 20.6 Å². The maximum Gasteiger partial charge on any atom is 0.142 e. The van der Waals surface area contributed by atoms with Gasteiger partial charge in [0.1, 0.15) is 17.4 Å². The number of hydrogen-bond acceptors (Lipinski definition) is 5. The standard InChI is InChI=1S/C39H39N5O/c45-44(35-18-15-29(16-19-35)28-11-13-30(14-12-28)31-24-41-27-42-25-31)38-20-17-34(23-36(38)37-26-40-22-21-39(37)44)43(32-7-3-1-4-8-32)33-9-5-2-6-10-33/h1-20,23,31,37,39-42H,21-22,24-27H2. The van der Waals surface area contributed by atoms with Crippen molar-refractivity contribution in [2.45, 2.75) is 24.3 Å². The lowest BCUT2D eigenvalue weighted by molar-refractivity contribution is 0.291. The van der Waals surface area contributed by atoms with Crippen LogP contribution in [0.4, 0.5) is 28.4 Å². The third-order valence-electron chi connectivity index (χ3n) is 9.97. The molecule has 3 atom stereocenters. The van der Waals surface area contributed by atoms with E-state index in [-0.39, 0.29) is 12.0 Å². The molecule has 0 amide bonds. The van der Waals surface area contributed by atoms with E-state index >= 15 is 5.21 Å². The number of quaternary nitrogens is 1. The van der Waals surface area contributed by atoms with Gasteiger partial charge >= 0.3 is 0 Å². The third-order valence-corrected chi connectivity index (χ3v) is 9.97. The fourth-order valence-electron chi connectivity index (χ4n) is 7.70. The lowest BCUT2D eigenvalue weighted by Crippen LogP contribution is -2.51. The lowest BCUT2D eigenvalue weighted by atomic mass is 9.89. The summed E-state index contributed by atoms with van der Waals surface area (Å²) in [6.07, 6.45) is 0.841. The van der Waals surface area contributed by atoms with Crippen molar-refractivity contribution in [2.24, 2.45) is 0 Å². The van der Waals surface area contributed by atoms with Gasteiger partial charge in [-0.2, -0.15) is 0 Å². The highest BCUT2D eigenvalue weighted by Crippen LogP contribution is 2.54. The molecule has 6 nitrogen and oxygen atoms in total. The zero-order chi connectivity index (χ0) is 30.2. The molecule has 0 aliphatic carbocycles. The van der Waals surface area contributed by atoms with Gasteiger partial charge in [-0.25, -0.2) is 0 Å². The Labute approximate surface area is 265 Å². The van der Waals surface area contributed by atoms with Crippen LogP contribution in [-0.4, -0.2) is 38.9 Å². The van der Waals surface area contributed by atoms with Crippen LogP contribution < -0.4 is 25.5 Å². The molecule has 3 aliphatic rings. The first-order chi connectivity index (χ1) is 22.2. The predicted molar refractivity (Wildman–Crippen MR) is 185 cm³/mol. The summed E-state index contributed by atoms with van der Waals surface area (Å²) >= 11 is 0. The SMILES string of the molecule is [O-][N+]1(c2ccc(-c3ccc(C4CNCNC4)cc3)cc2)c2ccc(N(c3ccccc3)c3ccccc3)cc2C2CNCCC21. The van der Waals surface area contributed by atoms with E-state index in [1.54, 1.807) is 0 Å². The summed E-state index contributed by atoms with van der Waals surface area (Å²) in [6.45, 7) is 4.56. The van der Waals surface area contributed by atoms with Crippen molar-refractivity contribution in [1.29, 1.82) is 0 Å². The second-order valence-electron chi connectivity index (χ2n) is 12.5. The number of piperidine rings is 1. The van der Waals surface area contributed by atoms with Gasteiger partial charge in [0.05, 0.1) is 5.92 Å². The summed E-state index contributed by atoms with van der Waals surface area (Å²) < 4.78 is -0.403. The maximum absolute atomic E-state index is 15.3. The van der Waals surface area contributed by atoms with Crippen molar-refractivity contribution >= 4 is 28.4 Å². The number of para-hydroxylation sites is 2. The minimum Gasteiger partial charge on any atom is -0.622 e. The Balaban J connectivity index is 1.14. The molecule has 0 saturated carbocycles.